The van der Waals surface area contributed by atoms with Gasteiger partial charge in [0, 0.05) is 12.3 Å². The van der Waals surface area contributed by atoms with Gasteiger partial charge in [0.25, 0.3) is 0 Å². The number of halogens is 1. The molecule has 0 atom stereocenters. The zero-order valence-electron chi connectivity index (χ0n) is 12.5. The highest BCUT2D eigenvalue weighted by atomic mass is 35.5. The van der Waals surface area contributed by atoms with Crippen LogP contribution in [0.15, 0.2) is 24.4 Å². The first kappa shape index (κ1) is 17.4. The first-order valence-electron chi connectivity index (χ1n) is 6.80. The van der Waals surface area contributed by atoms with Crippen molar-refractivity contribution in [3.05, 3.63) is 40.8 Å². The maximum absolute atomic E-state index is 12.0. The van der Waals surface area contributed by atoms with Crippen molar-refractivity contribution in [3.8, 4) is 0 Å². The van der Waals surface area contributed by atoms with E-state index in [0.717, 1.165) is 10.7 Å². The molecule has 2 rings (SSSR count). The third-order valence-corrected chi connectivity index (χ3v) is 3.00. The van der Waals surface area contributed by atoms with E-state index in [2.05, 4.69) is 15.4 Å². The Kier molecular flexibility index (Phi) is 5.48. The molecule has 9 nitrogen and oxygen atoms in total. The maximum atomic E-state index is 12.0. The number of esters is 1. The number of aromatic nitrogens is 3. The van der Waals surface area contributed by atoms with E-state index in [1.807, 2.05) is 0 Å². The van der Waals surface area contributed by atoms with Crippen molar-refractivity contribution in [3.63, 3.8) is 0 Å². The van der Waals surface area contributed by atoms with Crippen LogP contribution in [0.25, 0.3) is 0 Å². The summed E-state index contributed by atoms with van der Waals surface area (Å²) in [7, 11) is 0. The Morgan fingerprint density at radius 3 is 2.71 bits per heavy atom. The number of rotatable bonds is 6. The van der Waals surface area contributed by atoms with Crippen LogP contribution >= 0.6 is 11.6 Å². The largest absolute Gasteiger partial charge is 0.477 e. The number of amides is 1. The molecule has 2 aromatic rings. The molecule has 0 saturated heterocycles. The second kappa shape index (κ2) is 7.55. The molecule has 1 amide bonds. The molecule has 10 heteroatoms. The Bertz CT molecular complexity index is 772. The molecule has 2 aromatic heterocycles. The predicted molar refractivity (Wildman–Crippen MR) is 83.0 cm³/mol. The zero-order chi connectivity index (χ0) is 17.7. The number of ether oxygens (including phenoxy) is 1. The van der Waals surface area contributed by atoms with Crippen LogP contribution in [0.4, 0.5) is 5.82 Å². The van der Waals surface area contributed by atoms with Crippen molar-refractivity contribution in [2.24, 2.45) is 0 Å². The molecular weight excluding hydrogens is 340 g/mol. The van der Waals surface area contributed by atoms with E-state index in [-0.39, 0.29) is 23.8 Å². The summed E-state index contributed by atoms with van der Waals surface area (Å²) in [6.07, 6.45) is 1.35. The van der Waals surface area contributed by atoms with Gasteiger partial charge in [-0.2, -0.15) is 5.10 Å². The minimum absolute atomic E-state index is 0.122. The number of nitrogens with one attached hydrogen (secondary N) is 1. The van der Waals surface area contributed by atoms with Gasteiger partial charge in [-0.25, -0.2) is 19.3 Å². The molecule has 0 aliphatic rings. The van der Waals surface area contributed by atoms with E-state index in [4.69, 9.17) is 21.4 Å². The normalized spacial score (nSPS) is 10.2. The van der Waals surface area contributed by atoms with Gasteiger partial charge < -0.3 is 15.2 Å². The Morgan fingerprint density at radius 1 is 1.38 bits per heavy atom. The summed E-state index contributed by atoms with van der Waals surface area (Å²) in [5.41, 5.74) is -0.496. The van der Waals surface area contributed by atoms with E-state index in [1.54, 1.807) is 13.0 Å². The Labute approximate surface area is 141 Å². The Hall–Kier alpha value is -2.94. The zero-order valence-corrected chi connectivity index (χ0v) is 13.3. The summed E-state index contributed by atoms with van der Waals surface area (Å²) < 4.78 is 5.66. The van der Waals surface area contributed by atoms with Crippen molar-refractivity contribution < 1.29 is 24.2 Å². The number of nitrogens with zero attached hydrogens (tertiary/aromatic N) is 3. The number of aromatic carboxylic acids is 1. The van der Waals surface area contributed by atoms with Crippen LogP contribution in [-0.2, 0) is 16.1 Å². The Morgan fingerprint density at radius 2 is 2.12 bits per heavy atom. The molecule has 0 radical (unpaired) electrons. The molecule has 0 aromatic carbocycles. The van der Waals surface area contributed by atoms with Crippen molar-refractivity contribution >= 4 is 35.3 Å². The van der Waals surface area contributed by atoms with Crippen LogP contribution in [-0.4, -0.2) is 44.3 Å². The van der Waals surface area contributed by atoms with E-state index < -0.39 is 24.4 Å². The molecular formula is C14H13ClN4O5. The van der Waals surface area contributed by atoms with Crippen LogP contribution < -0.4 is 5.32 Å². The van der Waals surface area contributed by atoms with Gasteiger partial charge in [-0.15, -0.1) is 0 Å². The fourth-order valence-corrected chi connectivity index (χ4v) is 1.89. The molecule has 0 aliphatic heterocycles. The average Bonchev–Trinajstić information content (AvgIpc) is 2.94. The first-order valence-corrected chi connectivity index (χ1v) is 7.18. The van der Waals surface area contributed by atoms with E-state index >= 15 is 0 Å². The molecule has 0 unspecified atom stereocenters. The van der Waals surface area contributed by atoms with Crippen LogP contribution in [0, 0.1) is 0 Å². The summed E-state index contributed by atoms with van der Waals surface area (Å²) in [4.78, 5) is 38.7. The monoisotopic (exact) mass is 352 g/mol. The summed E-state index contributed by atoms with van der Waals surface area (Å²) in [5, 5.41) is 15.8. The number of pyridine rings is 1. The van der Waals surface area contributed by atoms with Crippen LogP contribution in [0.2, 0.25) is 5.02 Å². The van der Waals surface area contributed by atoms with E-state index in [9.17, 15) is 14.4 Å². The lowest BCUT2D eigenvalue weighted by molar-refractivity contribution is -0.116. The fourth-order valence-electron chi connectivity index (χ4n) is 1.78. The van der Waals surface area contributed by atoms with E-state index in [0.29, 0.717) is 5.02 Å². The average molecular weight is 353 g/mol. The van der Waals surface area contributed by atoms with E-state index in [1.165, 1.54) is 12.3 Å². The summed E-state index contributed by atoms with van der Waals surface area (Å²) >= 11 is 5.69. The fraction of sp³-hybridized carbons (Fsp3) is 0.214. The second-order valence-electron chi connectivity index (χ2n) is 4.51. The standard InChI is InChI=1S/C14H13ClN4O5/c1-2-24-14(23)9-5-10(13(21)22)19(18-9)7-12(20)17-11-4-3-8(15)6-16-11/h3-6H,2,7H2,1H3,(H,21,22)(H,16,17,20). The minimum Gasteiger partial charge on any atom is -0.477 e. The number of carboxylic acids is 1. The highest BCUT2D eigenvalue weighted by molar-refractivity contribution is 6.30. The van der Waals surface area contributed by atoms with Crippen LogP contribution in [0.3, 0.4) is 0 Å². The third-order valence-electron chi connectivity index (χ3n) is 2.77. The van der Waals surface area contributed by atoms with Crippen molar-refractivity contribution in [2.45, 2.75) is 13.5 Å². The van der Waals surface area contributed by atoms with Crippen LogP contribution in [0.1, 0.15) is 27.9 Å². The van der Waals surface area contributed by atoms with Gasteiger partial charge >= 0.3 is 11.9 Å². The summed E-state index contributed by atoms with van der Waals surface area (Å²) in [5.74, 6) is -2.40. The number of carbonyl (C=O) groups is 3. The number of hydrogen-bond acceptors (Lipinski definition) is 6. The van der Waals surface area contributed by atoms with Gasteiger partial charge in [-0.3, -0.25) is 4.79 Å². The molecule has 2 N–H and O–H groups in total. The number of hydrogen-bond donors (Lipinski definition) is 2. The highest BCUT2D eigenvalue weighted by Gasteiger charge is 2.21. The highest BCUT2D eigenvalue weighted by Crippen LogP contribution is 2.10. The summed E-state index contributed by atoms with van der Waals surface area (Å²) in [6.45, 7) is 1.32. The van der Waals surface area contributed by atoms with Gasteiger partial charge in [-0.05, 0) is 19.1 Å². The lowest BCUT2D eigenvalue weighted by Crippen LogP contribution is -2.22. The molecule has 0 fully saturated rings. The summed E-state index contributed by atoms with van der Waals surface area (Å²) in [6, 6.07) is 4.08. The topological polar surface area (TPSA) is 123 Å². The lowest BCUT2D eigenvalue weighted by atomic mass is 10.3. The number of carboxylic acid groups (broad SMARTS) is 1. The molecule has 0 spiro atoms. The lowest BCUT2D eigenvalue weighted by Gasteiger charge is -2.06. The molecule has 0 aliphatic carbocycles. The van der Waals surface area contributed by atoms with Crippen molar-refractivity contribution in [2.75, 3.05) is 11.9 Å². The molecule has 0 bridgehead atoms. The van der Waals surface area contributed by atoms with Gasteiger partial charge in [0.1, 0.15) is 18.1 Å². The van der Waals surface area contributed by atoms with Gasteiger partial charge in [0.05, 0.1) is 11.6 Å². The maximum Gasteiger partial charge on any atom is 0.358 e. The van der Waals surface area contributed by atoms with Crippen molar-refractivity contribution in [1.29, 1.82) is 0 Å². The first-order chi connectivity index (χ1) is 11.4. The molecule has 2 heterocycles. The number of carbonyl (C=O) groups excluding carboxylic acids is 2. The molecule has 0 saturated carbocycles. The van der Waals surface area contributed by atoms with Gasteiger partial charge in [0.15, 0.2) is 5.69 Å². The van der Waals surface area contributed by atoms with Crippen LogP contribution in [0.5, 0.6) is 0 Å². The minimum atomic E-state index is -1.32. The smallest absolute Gasteiger partial charge is 0.358 e. The molecule has 126 valence electrons. The van der Waals surface area contributed by atoms with Gasteiger partial charge in [0.2, 0.25) is 5.91 Å². The second-order valence-corrected chi connectivity index (χ2v) is 4.94. The van der Waals surface area contributed by atoms with Gasteiger partial charge in [-0.1, -0.05) is 11.6 Å². The Balaban J connectivity index is 2.15. The SMILES string of the molecule is CCOC(=O)c1cc(C(=O)O)n(CC(=O)Nc2ccc(Cl)cn2)n1. The third kappa shape index (κ3) is 4.29. The number of anilines is 1. The predicted octanol–water partition coefficient (Wildman–Crippen LogP) is 1.45. The molecule has 24 heavy (non-hydrogen) atoms. The van der Waals surface area contributed by atoms with Crippen molar-refractivity contribution in [1.82, 2.24) is 14.8 Å². The quantitative estimate of drug-likeness (QED) is 0.754.